The van der Waals surface area contributed by atoms with Crippen LogP contribution in [0.3, 0.4) is 0 Å². The summed E-state index contributed by atoms with van der Waals surface area (Å²) in [4.78, 5) is 55.1. The number of H-pyrrole nitrogens is 1. The Bertz CT molecular complexity index is 936. The van der Waals surface area contributed by atoms with Crippen LogP contribution in [0, 0.1) is 0 Å². The molecule has 12 heteroatoms. The van der Waals surface area contributed by atoms with Gasteiger partial charge in [0, 0.05) is 18.3 Å². The van der Waals surface area contributed by atoms with Crippen LogP contribution in [0.2, 0.25) is 0 Å². The van der Waals surface area contributed by atoms with Crippen molar-refractivity contribution in [1.82, 2.24) is 25.9 Å². The topological polar surface area (TPSA) is 200 Å². The van der Waals surface area contributed by atoms with Crippen LogP contribution in [0.4, 0.5) is 0 Å². The Hall–Kier alpha value is -3.77. The Morgan fingerprint density at radius 3 is 2.24 bits per heavy atom. The van der Waals surface area contributed by atoms with E-state index < -0.39 is 54.5 Å². The zero-order chi connectivity index (χ0) is 24.4. The number of carboxylic acids is 1. The summed E-state index contributed by atoms with van der Waals surface area (Å²) in [6.45, 7) is 0.626. The van der Waals surface area contributed by atoms with E-state index in [1.807, 2.05) is 6.07 Å². The van der Waals surface area contributed by atoms with Crippen molar-refractivity contribution in [2.45, 2.75) is 43.9 Å². The standard InChI is InChI=1S/C21H28N6O6/c1-12(18(29)26-16(21(32)33)8-14-9-23-11-24-14)25-20(31)17(10-28)27-19(30)15(22)7-13-5-3-2-4-6-13/h2-6,9,11-12,15-17,28H,7-8,10,22H2,1H3,(H,23,24)(H,25,31)(H,26,29)(H,27,30)(H,32,33). The van der Waals surface area contributed by atoms with Crippen molar-refractivity contribution >= 4 is 23.7 Å². The molecule has 12 nitrogen and oxygen atoms in total. The zero-order valence-electron chi connectivity index (χ0n) is 18.0. The first kappa shape index (κ1) is 25.5. The fraction of sp³-hybridized carbons (Fsp3) is 0.381. The van der Waals surface area contributed by atoms with Gasteiger partial charge in [-0.15, -0.1) is 0 Å². The number of hydrogen-bond donors (Lipinski definition) is 7. The third kappa shape index (κ3) is 8.01. The summed E-state index contributed by atoms with van der Waals surface area (Å²) in [7, 11) is 0. The summed E-state index contributed by atoms with van der Waals surface area (Å²) >= 11 is 0. The van der Waals surface area contributed by atoms with Gasteiger partial charge in [-0.1, -0.05) is 30.3 Å². The Balaban J connectivity index is 1.88. The van der Waals surface area contributed by atoms with E-state index in [9.17, 15) is 29.4 Å². The maximum absolute atomic E-state index is 12.4. The fourth-order valence-corrected chi connectivity index (χ4v) is 2.93. The predicted molar refractivity (Wildman–Crippen MR) is 117 cm³/mol. The van der Waals surface area contributed by atoms with Gasteiger partial charge in [0.25, 0.3) is 0 Å². The molecule has 33 heavy (non-hydrogen) atoms. The van der Waals surface area contributed by atoms with Crippen LogP contribution in [-0.4, -0.2) is 74.6 Å². The van der Waals surface area contributed by atoms with Gasteiger partial charge >= 0.3 is 5.97 Å². The van der Waals surface area contributed by atoms with E-state index in [2.05, 4.69) is 25.9 Å². The van der Waals surface area contributed by atoms with Gasteiger partial charge in [0.15, 0.2) is 0 Å². The third-order valence-corrected chi connectivity index (χ3v) is 4.80. The number of carboxylic acid groups (broad SMARTS) is 1. The van der Waals surface area contributed by atoms with E-state index in [4.69, 9.17) is 5.73 Å². The number of carbonyl (C=O) groups is 4. The van der Waals surface area contributed by atoms with E-state index in [-0.39, 0.29) is 12.8 Å². The van der Waals surface area contributed by atoms with Crippen LogP contribution in [-0.2, 0) is 32.0 Å². The van der Waals surface area contributed by atoms with Crippen LogP contribution < -0.4 is 21.7 Å². The molecule has 0 aliphatic heterocycles. The highest BCUT2D eigenvalue weighted by molar-refractivity contribution is 5.94. The second kappa shape index (κ2) is 12.3. The number of aliphatic hydroxyl groups excluding tert-OH is 1. The summed E-state index contributed by atoms with van der Waals surface area (Å²) in [6.07, 6.45) is 3.02. The molecule has 0 aliphatic carbocycles. The summed E-state index contributed by atoms with van der Waals surface area (Å²) in [6, 6.07) is 4.38. The van der Waals surface area contributed by atoms with Crippen LogP contribution >= 0.6 is 0 Å². The van der Waals surface area contributed by atoms with Crippen LogP contribution in [0.1, 0.15) is 18.2 Å². The number of benzene rings is 1. The van der Waals surface area contributed by atoms with Gasteiger partial charge in [-0.2, -0.15) is 0 Å². The molecular weight excluding hydrogens is 432 g/mol. The molecule has 0 bridgehead atoms. The number of nitrogens with two attached hydrogens (primary N) is 1. The summed E-state index contributed by atoms with van der Waals surface area (Å²) < 4.78 is 0. The lowest BCUT2D eigenvalue weighted by atomic mass is 10.1. The number of amides is 3. The van der Waals surface area contributed by atoms with Gasteiger partial charge in [-0.25, -0.2) is 9.78 Å². The number of imidazole rings is 1. The molecule has 0 fully saturated rings. The number of aromatic nitrogens is 2. The molecule has 0 spiro atoms. The lowest BCUT2D eigenvalue weighted by molar-refractivity contribution is -0.142. The smallest absolute Gasteiger partial charge is 0.326 e. The van der Waals surface area contributed by atoms with E-state index in [1.54, 1.807) is 24.3 Å². The molecule has 4 unspecified atom stereocenters. The maximum Gasteiger partial charge on any atom is 0.326 e. The van der Waals surface area contributed by atoms with E-state index >= 15 is 0 Å². The molecule has 2 aromatic rings. The number of nitrogens with one attached hydrogen (secondary N) is 4. The number of hydrogen-bond acceptors (Lipinski definition) is 7. The van der Waals surface area contributed by atoms with Crippen LogP contribution in [0.15, 0.2) is 42.9 Å². The van der Waals surface area contributed by atoms with Crippen molar-refractivity contribution < 1.29 is 29.4 Å². The molecule has 1 aromatic carbocycles. The predicted octanol–water partition coefficient (Wildman–Crippen LogP) is -1.93. The third-order valence-electron chi connectivity index (χ3n) is 4.80. The quantitative estimate of drug-likeness (QED) is 0.190. The van der Waals surface area contributed by atoms with Crippen LogP contribution in [0.5, 0.6) is 0 Å². The van der Waals surface area contributed by atoms with Gasteiger partial charge in [-0.05, 0) is 18.9 Å². The summed E-state index contributed by atoms with van der Waals surface area (Å²) in [5, 5.41) is 25.9. The number of carbonyl (C=O) groups excluding carboxylic acids is 3. The highest BCUT2D eigenvalue weighted by Crippen LogP contribution is 2.03. The van der Waals surface area contributed by atoms with Gasteiger partial charge < -0.3 is 36.9 Å². The number of aliphatic carboxylic acids is 1. The first-order chi connectivity index (χ1) is 15.7. The molecule has 1 heterocycles. The summed E-state index contributed by atoms with van der Waals surface area (Å²) in [5.41, 5.74) is 7.23. The number of rotatable bonds is 12. The number of aliphatic hydroxyl groups is 1. The number of aromatic amines is 1. The van der Waals surface area contributed by atoms with Gasteiger partial charge in [0.1, 0.15) is 18.1 Å². The Morgan fingerprint density at radius 2 is 1.67 bits per heavy atom. The molecule has 4 atom stereocenters. The SMILES string of the molecule is CC(NC(=O)C(CO)NC(=O)C(N)Cc1ccccc1)C(=O)NC(Cc1cnc[nH]1)C(=O)O. The van der Waals surface area contributed by atoms with Crippen molar-refractivity contribution in [1.29, 1.82) is 0 Å². The molecule has 1 aromatic heterocycles. The minimum atomic E-state index is -1.34. The average molecular weight is 460 g/mol. The Kier molecular flexibility index (Phi) is 9.51. The van der Waals surface area contributed by atoms with E-state index in [0.29, 0.717) is 5.69 Å². The van der Waals surface area contributed by atoms with E-state index in [1.165, 1.54) is 19.4 Å². The second-order valence-electron chi connectivity index (χ2n) is 7.45. The van der Waals surface area contributed by atoms with Crippen molar-refractivity contribution in [2.24, 2.45) is 5.73 Å². The first-order valence-electron chi connectivity index (χ1n) is 10.2. The van der Waals surface area contributed by atoms with Gasteiger partial charge in [0.2, 0.25) is 17.7 Å². The fourth-order valence-electron chi connectivity index (χ4n) is 2.93. The molecule has 0 aliphatic rings. The maximum atomic E-state index is 12.4. The van der Waals surface area contributed by atoms with Gasteiger partial charge in [-0.3, -0.25) is 14.4 Å². The zero-order valence-corrected chi connectivity index (χ0v) is 18.0. The lowest BCUT2D eigenvalue weighted by Crippen LogP contribution is -2.57. The monoisotopic (exact) mass is 460 g/mol. The number of nitrogens with zero attached hydrogens (tertiary/aromatic N) is 1. The largest absolute Gasteiger partial charge is 0.480 e. The van der Waals surface area contributed by atoms with Gasteiger partial charge in [0.05, 0.1) is 19.0 Å². The molecule has 0 radical (unpaired) electrons. The molecular formula is C21H28N6O6. The normalized spacial score (nSPS) is 14.4. The Labute approximate surface area is 190 Å². The van der Waals surface area contributed by atoms with Crippen molar-refractivity contribution in [3.8, 4) is 0 Å². The summed E-state index contributed by atoms with van der Waals surface area (Å²) in [5.74, 6) is -3.47. The molecule has 8 N–H and O–H groups in total. The highest BCUT2D eigenvalue weighted by Gasteiger charge is 2.28. The molecule has 3 amide bonds. The van der Waals surface area contributed by atoms with Crippen molar-refractivity contribution in [2.75, 3.05) is 6.61 Å². The molecule has 0 saturated heterocycles. The molecule has 178 valence electrons. The lowest BCUT2D eigenvalue weighted by Gasteiger charge is -2.22. The minimum absolute atomic E-state index is 0.0314. The average Bonchev–Trinajstić information content (AvgIpc) is 3.30. The Morgan fingerprint density at radius 1 is 1.00 bits per heavy atom. The van der Waals surface area contributed by atoms with E-state index in [0.717, 1.165) is 5.56 Å². The molecule has 2 rings (SSSR count). The highest BCUT2D eigenvalue weighted by atomic mass is 16.4. The van der Waals surface area contributed by atoms with Crippen molar-refractivity contribution in [3.63, 3.8) is 0 Å². The van der Waals surface area contributed by atoms with Crippen molar-refractivity contribution in [3.05, 3.63) is 54.1 Å². The van der Waals surface area contributed by atoms with Crippen LogP contribution in [0.25, 0.3) is 0 Å². The second-order valence-corrected chi connectivity index (χ2v) is 7.45. The molecule has 0 saturated carbocycles. The first-order valence-corrected chi connectivity index (χ1v) is 10.2. The minimum Gasteiger partial charge on any atom is -0.480 e.